The number of para-hydroxylation sites is 2. The summed E-state index contributed by atoms with van der Waals surface area (Å²) in [5, 5.41) is 2.84. The Morgan fingerprint density at radius 1 is 1.15 bits per heavy atom. The van der Waals surface area contributed by atoms with Gasteiger partial charge in [-0.2, -0.15) is 0 Å². The zero-order valence-corrected chi connectivity index (χ0v) is 15.1. The van der Waals surface area contributed by atoms with E-state index in [4.69, 9.17) is 0 Å². The molecule has 0 aliphatic carbocycles. The van der Waals surface area contributed by atoms with Crippen LogP contribution in [0.25, 0.3) is 11.0 Å². The first-order chi connectivity index (χ1) is 12.4. The van der Waals surface area contributed by atoms with Gasteiger partial charge >= 0.3 is 0 Å². The number of anilines is 1. The molecular formula is C18H20N4O3S. The number of carbonyl (C=O) groups excluding carboxylic acids is 1. The molecule has 0 bridgehead atoms. The molecule has 136 valence electrons. The highest BCUT2D eigenvalue weighted by Crippen LogP contribution is 2.13. The van der Waals surface area contributed by atoms with Gasteiger partial charge in [-0.1, -0.05) is 18.2 Å². The number of fused-ring (bicyclic) bond motifs is 1. The van der Waals surface area contributed by atoms with Crippen molar-refractivity contribution in [2.45, 2.75) is 12.8 Å². The Kier molecular flexibility index (Phi) is 5.22. The van der Waals surface area contributed by atoms with Gasteiger partial charge in [0.15, 0.2) is 0 Å². The van der Waals surface area contributed by atoms with Crippen LogP contribution in [0.5, 0.6) is 0 Å². The second-order valence-electron chi connectivity index (χ2n) is 6.02. The molecule has 1 heterocycles. The van der Waals surface area contributed by atoms with E-state index >= 15 is 0 Å². The first-order valence-corrected chi connectivity index (χ1v) is 10.1. The van der Waals surface area contributed by atoms with Crippen LogP contribution >= 0.6 is 0 Å². The van der Waals surface area contributed by atoms with Crippen LogP contribution < -0.4 is 10.0 Å². The summed E-state index contributed by atoms with van der Waals surface area (Å²) in [6.07, 6.45) is 2.54. The molecule has 2 aromatic carbocycles. The number of rotatable bonds is 7. The molecule has 3 aromatic rings. The summed E-state index contributed by atoms with van der Waals surface area (Å²) >= 11 is 0. The predicted octanol–water partition coefficient (Wildman–Crippen LogP) is 2.30. The second-order valence-corrected chi connectivity index (χ2v) is 7.76. The summed E-state index contributed by atoms with van der Waals surface area (Å²) in [5.74, 6) is 0.645. The fourth-order valence-electron chi connectivity index (χ4n) is 2.62. The van der Waals surface area contributed by atoms with Crippen LogP contribution in [0.3, 0.4) is 0 Å². The van der Waals surface area contributed by atoms with Crippen LogP contribution in [0, 0.1) is 0 Å². The number of hydrogen-bond donors (Lipinski definition) is 3. The van der Waals surface area contributed by atoms with Crippen LogP contribution in [0.4, 0.5) is 5.69 Å². The maximum atomic E-state index is 12.2. The Hall–Kier alpha value is -2.87. The third-order valence-electron chi connectivity index (χ3n) is 3.74. The van der Waals surface area contributed by atoms with E-state index in [9.17, 15) is 13.2 Å². The minimum atomic E-state index is -3.37. The molecule has 0 aliphatic heterocycles. The number of carbonyl (C=O) groups is 1. The summed E-state index contributed by atoms with van der Waals surface area (Å²) in [5.41, 5.74) is 2.70. The summed E-state index contributed by atoms with van der Waals surface area (Å²) in [7, 11) is -3.37. The van der Waals surface area contributed by atoms with E-state index in [2.05, 4.69) is 20.0 Å². The van der Waals surface area contributed by atoms with Crippen molar-refractivity contribution in [3.8, 4) is 0 Å². The third-order valence-corrected chi connectivity index (χ3v) is 4.35. The van der Waals surface area contributed by atoms with Crippen LogP contribution in [-0.4, -0.2) is 37.1 Å². The van der Waals surface area contributed by atoms with E-state index in [0.717, 1.165) is 36.0 Å². The smallest absolute Gasteiger partial charge is 0.251 e. The lowest BCUT2D eigenvalue weighted by atomic mass is 10.2. The molecule has 7 nitrogen and oxygen atoms in total. The molecule has 1 amide bonds. The largest absolute Gasteiger partial charge is 0.352 e. The fourth-order valence-corrected chi connectivity index (χ4v) is 3.18. The van der Waals surface area contributed by atoms with Crippen LogP contribution in [0.2, 0.25) is 0 Å². The zero-order valence-electron chi connectivity index (χ0n) is 14.3. The first-order valence-electron chi connectivity index (χ1n) is 8.20. The van der Waals surface area contributed by atoms with Crippen molar-refractivity contribution in [3.05, 3.63) is 59.9 Å². The fraction of sp³-hybridized carbons (Fsp3) is 0.222. The number of H-pyrrole nitrogens is 1. The summed E-state index contributed by atoms with van der Waals surface area (Å²) in [6.45, 7) is 0.500. The molecule has 0 unspecified atom stereocenters. The molecule has 3 N–H and O–H groups in total. The average molecular weight is 372 g/mol. The Morgan fingerprint density at radius 2 is 1.96 bits per heavy atom. The van der Waals surface area contributed by atoms with Crippen molar-refractivity contribution in [1.29, 1.82) is 0 Å². The second kappa shape index (κ2) is 7.57. The van der Waals surface area contributed by atoms with Crippen molar-refractivity contribution in [3.63, 3.8) is 0 Å². The Balaban J connectivity index is 1.51. The van der Waals surface area contributed by atoms with Gasteiger partial charge in [0, 0.05) is 24.2 Å². The highest BCUT2D eigenvalue weighted by atomic mass is 32.2. The topological polar surface area (TPSA) is 104 Å². The first kappa shape index (κ1) is 17.9. The number of aryl methyl sites for hydroxylation is 1. The van der Waals surface area contributed by atoms with Gasteiger partial charge in [-0.05, 0) is 36.8 Å². The minimum Gasteiger partial charge on any atom is -0.352 e. The van der Waals surface area contributed by atoms with Crippen LogP contribution in [-0.2, 0) is 16.4 Å². The number of sulfonamides is 1. The van der Waals surface area contributed by atoms with Crippen molar-refractivity contribution in [1.82, 2.24) is 15.3 Å². The van der Waals surface area contributed by atoms with Crippen molar-refractivity contribution >= 4 is 32.7 Å². The number of imidazole rings is 1. The summed E-state index contributed by atoms with van der Waals surface area (Å²) < 4.78 is 24.9. The highest BCUT2D eigenvalue weighted by molar-refractivity contribution is 7.92. The number of amides is 1. The van der Waals surface area contributed by atoms with Crippen molar-refractivity contribution in [2.24, 2.45) is 0 Å². The molecule has 0 atom stereocenters. The van der Waals surface area contributed by atoms with Gasteiger partial charge in [0.05, 0.1) is 17.3 Å². The maximum Gasteiger partial charge on any atom is 0.251 e. The van der Waals surface area contributed by atoms with E-state index < -0.39 is 10.0 Å². The zero-order chi connectivity index (χ0) is 18.6. The Morgan fingerprint density at radius 3 is 2.73 bits per heavy atom. The average Bonchev–Trinajstić information content (AvgIpc) is 3.00. The highest BCUT2D eigenvalue weighted by Gasteiger charge is 2.08. The van der Waals surface area contributed by atoms with Gasteiger partial charge in [-0.15, -0.1) is 0 Å². The lowest BCUT2D eigenvalue weighted by molar-refractivity contribution is 0.0953. The van der Waals surface area contributed by atoms with Gasteiger partial charge in [0.2, 0.25) is 10.0 Å². The minimum absolute atomic E-state index is 0.244. The molecule has 8 heteroatoms. The number of aromatic nitrogens is 2. The van der Waals surface area contributed by atoms with E-state index in [-0.39, 0.29) is 5.91 Å². The number of aromatic amines is 1. The molecule has 0 aliphatic rings. The number of nitrogens with one attached hydrogen (secondary N) is 3. The predicted molar refractivity (Wildman–Crippen MR) is 102 cm³/mol. The van der Waals surface area contributed by atoms with Gasteiger partial charge < -0.3 is 10.3 Å². The normalized spacial score (nSPS) is 11.4. The summed E-state index contributed by atoms with van der Waals surface area (Å²) in [4.78, 5) is 20.0. The Bertz CT molecular complexity index is 995. The molecule has 1 aromatic heterocycles. The number of hydrogen-bond acceptors (Lipinski definition) is 4. The third kappa shape index (κ3) is 4.82. The number of nitrogens with zero attached hydrogens (tertiary/aromatic N) is 1. The van der Waals surface area contributed by atoms with E-state index in [0.29, 0.717) is 17.8 Å². The molecule has 0 fully saturated rings. The van der Waals surface area contributed by atoms with Gasteiger partial charge in [0.1, 0.15) is 5.82 Å². The molecule has 0 radical (unpaired) electrons. The standard InChI is InChI=1S/C18H20N4O3S/c1-26(24,25)22-14-7-4-6-13(12-14)18(23)19-11-5-10-17-20-15-8-2-3-9-16(15)21-17/h2-4,6-9,12,22H,5,10-11H2,1H3,(H,19,23)(H,20,21). The summed E-state index contributed by atoms with van der Waals surface area (Å²) in [6, 6.07) is 14.2. The Labute approximate surface area is 151 Å². The monoisotopic (exact) mass is 372 g/mol. The van der Waals surface area contributed by atoms with E-state index in [1.165, 1.54) is 6.07 Å². The lowest BCUT2D eigenvalue weighted by Gasteiger charge is -2.07. The van der Waals surface area contributed by atoms with Crippen LogP contribution in [0.1, 0.15) is 22.6 Å². The molecule has 0 saturated heterocycles. The van der Waals surface area contributed by atoms with E-state index in [1.807, 2.05) is 24.3 Å². The van der Waals surface area contributed by atoms with Crippen molar-refractivity contribution in [2.75, 3.05) is 17.5 Å². The van der Waals surface area contributed by atoms with Gasteiger partial charge in [-0.3, -0.25) is 9.52 Å². The van der Waals surface area contributed by atoms with Gasteiger partial charge in [0.25, 0.3) is 5.91 Å². The number of benzene rings is 2. The molecule has 3 rings (SSSR count). The lowest BCUT2D eigenvalue weighted by Crippen LogP contribution is -2.25. The van der Waals surface area contributed by atoms with E-state index in [1.54, 1.807) is 18.2 Å². The maximum absolute atomic E-state index is 12.2. The molecular weight excluding hydrogens is 352 g/mol. The van der Waals surface area contributed by atoms with Crippen molar-refractivity contribution < 1.29 is 13.2 Å². The molecule has 0 spiro atoms. The van der Waals surface area contributed by atoms with Gasteiger partial charge in [-0.25, -0.2) is 13.4 Å². The quantitative estimate of drug-likeness (QED) is 0.554. The molecule has 0 saturated carbocycles. The molecule has 26 heavy (non-hydrogen) atoms. The van der Waals surface area contributed by atoms with Crippen LogP contribution in [0.15, 0.2) is 48.5 Å². The SMILES string of the molecule is CS(=O)(=O)Nc1cccc(C(=O)NCCCc2nc3ccccc3[nH]2)c1.